The number of carbonyl (C=O) groups excluding carboxylic acids is 1. The molecular weight excluding hydrogens is 400 g/mol. The molecule has 5 rings (SSSR count). The standard InChI is InChI=1S/C22H22N4OS2/c1-12-8-9-14-18(10-12)29-22(24-20(27)16-11-13(2)26(3)25-16)19(14)21-23-15-6-4-5-7-17(15)28-21/h4-7,11-12H,8-10H2,1-3H3,(H,24,27)/t12-/m0/s1. The molecule has 3 heterocycles. The van der Waals surface area contributed by atoms with Crippen LogP contribution >= 0.6 is 22.7 Å². The molecule has 1 aliphatic carbocycles. The molecule has 0 saturated carbocycles. The van der Waals surface area contributed by atoms with Crippen LogP contribution in [0.3, 0.4) is 0 Å². The third-order valence-electron chi connectivity index (χ3n) is 5.59. The van der Waals surface area contributed by atoms with Gasteiger partial charge in [0, 0.05) is 23.2 Å². The zero-order chi connectivity index (χ0) is 20.1. The largest absolute Gasteiger partial charge is 0.312 e. The van der Waals surface area contributed by atoms with E-state index in [9.17, 15) is 4.79 Å². The van der Waals surface area contributed by atoms with E-state index in [0.717, 1.165) is 39.6 Å². The first-order valence-corrected chi connectivity index (χ1v) is 11.5. The summed E-state index contributed by atoms with van der Waals surface area (Å²) in [6, 6.07) is 10.0. The van der Waals surface area contributed by atoms with Crippen LogP contribution < -0.4 is 5.32 Å². The number of thiophene rings is 1. The summed E-state index contributed by atoms with van der Waals surface area (Å²) in [7, 11) is 1.85. The van der Waals surface area contributed by atoms with Gasteiger partial charge in [0.2, 0.25) is 0 Å². The normalized spacial score (nSPS) is 16.2. The third kappa shape index (κ3) is 3.28. The fourth-order valence-corrected chi connectivity index (χ4v) is 6.40. The van der Waals surface area contributed by atoms with Gasteiger partial charge in [-0.3, -0.25) is 9.48 Å². The van der Waals surface area contributed by atoms with Crippen LogP contribution in [0.5, 0.6) is 0 Å². The van der Waals surface area contributed by atoms with Crippen molar-refractivity contribution in [2.45, 2.75) is 33.1 Å². The Hall–Kier alpha value is -2.51. The molecule has 0 fully saturated rings. The van der Waals surface area contributed by atoms with Gasteiger partial charge >= 0.3 is 0 Å². The Bertz CT molecular complexity index is 1180. The van der Waals surface area contributed by atoms with Gasteiger partial charge in [-0.1, -0.05) is 19.1 Å². The molecule has 29 heavy (non-hydrogen) atoms. The number of aromatic nitrogens is 3. The number of hydrogen-bond acceptors (Lipinski definition) is 5. The number of nitrogens with one attached hydrogen (secondary N) is 1. The number of aryl methyl sites for hydroxylation is 2. The molecule has 4 aromatic rings. The van der Waals surface area contributed by atoms with Crippen LogP contribution in [0.4, 0.5) is 5.00 Å². The average Bonchev–Trinajstić information content (AvgIpc) is 3.36. The van der Waals surface area contributed by atoms with Gasteiger partial charge in [-0.05, 0) is 55.9 Å². The highest BCUT2D eigenvalue weighted by molar-refractivity contribution is 7.23. The molecular formula is C22H22N4OS2. The highest BCUT2D eigenvalue weighted by Gasteiger charge is 2.27. The smallest absolute Gasteiger partial charge is 0.276 e. The van der Waals surface area contributed by atoms with Crippen molar-refractivity contribution in [2.24, 2.45) is 13.0 Å². The van der Waals surface area contributed by atoms with Crippen LogP contribution in [0.25, 0.3) is 20.8 Å². The zero-order valence-electron chi connectivity index (χ0n) is 16.7. The van der Waals surface area contributed by atoms with Crippen LogP contribution in [0.2, 0.25) is 0 Å². The second-order valence-electron chi connectivity index (χ2n) is 7.79. The molecule has 7 heteroatoms. The minimum atomic E-state index is -0.164. The van der Waals surface area contributed by atoms with E-state index in [2.05, 4.69) is 23.4 Å². The van der Waals surface area contributed by atoms with E-state index < -0.39 is 0 Å². The highest BCUT2D eigenvalue weighted by Crippen LogP contribution is 2.47. The quantitative estimate of drug-likeness (QED) is 0.478. The van der Waals surface area contributed by atoms with E-state index in [1.807, 2.05) is 38.2 Å². The number of anilines is 1. The topological polar surface area (TPSA) is 59.8 Å². The maximum atomic E-state index is 12.9. The summed E-state index contributed by atoms with van der Waals surface area (Å²) < 4.78 is 2.90. The van der Waals surface area contributed by atoms with Gasteiger partial charge in [0.25, 0.3) is 5.91 Å². The summed E-state index contributed by atoms with van der Waals surface area (Å²) in [5.74, 6) is 0.508. The summed E-state index contributed by atoms with van der Waals surface area (Å²) in [6.45, 7) is 4.25. The molecule has 0 unspecified atom stereocenters. The Morgan fingerprint density at radius 3 is 2.86 bits per heavy atom. The van der Waals surface area contributed by atoms with Gasteiger partial charge in [0.1, 0.15) is 10.0 Å². The number of benzene rings is 1. The Balaban J connectivity index is 1.60. The van der Waals surface area contributed by atoms with E-state index in [-0.39, 0.29) is 5.91 Å². The fraction of sp³-hybridized carbons (Fsp3) is 0.318. The monoisotopic (exact) mass is 422 g/mol. The number of amides is 1. The molecule has 0 radical (unpaired) electrons. The number of carbonyl (C=O) groups is 1. The first-order valence-electron chi connectivity index (χ1n) is 9.82. The van der Waals surface area contributed by atoms with Crippen molar-refractivity contribution in [2.75, 3.05) is 5.32 Å². The summed E-state index contributed by atoms with van der Waals surface area (Å²) in [5, 5.41) is 9.38. The molecule has 1 N–H and O–H groups in total. The number of rotatable bonds is 3. The molecule has 148 valence electrons. The number of thiazole rings is 1. The van der Waals surface area contributed by atoms with E-state index in [0.29, 0.717) is 11.6 Å². The lowest BCUT2D eigenvalue weighted by molar-refractivity contribution is 0.102. The van der Waals surface area contributed by atoms with Crippen molar-refractivity contribution < 1.29 is 4.79 Å². The number of hydrogen-bond donors (Lipinski definition) is 1. The second-order valence-corrected chi connectivity index (χ2v) is 9.93. The molecule has 1 amide bonds. The van der Waals surface area contributed by atoms with Gasteiger partial charge in [0.05, 0.1) is 10.2 Å². The van der Waals surface area contributed by atoms with Gasteiger partial charge in [-0.2, -0.15) is 5.10 Å². The van der Waals surface area contributed by atoms with E-state index in [1.54, 1.807) is 27.4 Å². The van der Waals surface area contributed by atoms with Crippen LogP contribution in [-0.2, 0) is 19.9 Å². The minimum Gasteiger partial charge on any atom is -0.312 e. The Labute approximate surface area is 177 Å². The number of nitrogens with zero attached hydrogens (tertiary/aromatic N) is 3. The molecule has 5 nitrogen and oxygen atoms in total. The van der Waals surface area contributed by atoms with E-state index >= 15 is 0 Å². The number of fused-ring (bicyclic) bond motifs is 2. The van der Waals surface area contributed by atoms with E-state index in [4.69, 9.17) is 4.98 Å². The maximum Gasteiger partial charge on any atom is 0.276 e. The Morgan fingerprint density at radius 2 is 2.10 bits per heavy atom. The summed E-state index contributed by atoms with van der Waals surface area (Å²) in [4.78, 5) is 19.2. The Kier molecular flexibility index (Phi) is 4.52. The van der Waals surface area contributed by atoms with Crippen molar-refractivity contribution in [3.05, 3.63) is 52.2 Å². The Morgan fingerprint density at radius 1 is 1.28 bits per heavy atom. The first kappa shape index (κ1) is 18.5. The van der Waals surface area contributed by atoms with Crippen molar-refractivity contribution in [1.29, 1.82) is 0 Å². The van der Waals surface area contributed by atoms with Gasteiger partial charge in [-0.25, -0.2) is 4.98 Å². The lowest BCUT2D eigenvalue weighted by atomic mass is 9.88. The summed E-state index contributed by atoms with van der Waals surface area (Å²) >= 11 is 3.40. The molecule has 1 aliphatic rings. The van der Waals surface area contributed by atoms with Crippen LogP contribution in [0, 0.1) is 12.8 Å². The van der Waals surface area contributed by atoms with Crippen molar-refractivity contribution in [3.8, 4) is 10.6 Å². The molecule has 0 spiro atoms. The van der Waals surface area contributed by atoms with Crippen molar-refractivity contribution >= 4 is 43.8 Å². The lowest BCUT2D eigenvalue weighted by Crippen LogP contribution is -2.13. The zero-order valence-corrected chi connectivity index (χ0v) is 18.3. The minimum absolute atomic E-state index is 0.164. The third-order valence-corrected chi connectivity index (χ3v) is 7.82. The molecule has 0 saturated heterocycles. The number of para-hydroxylation sites is 1. The maximum absolute atomic E-state index is 12.9. The molecule has 1 aromatic carbocycles. The predicted molar refractivity (Wildman–Crippen MR) is 120 cm³/mol. The summed E-state index contributed by atoms with van der Waals surface area (Å²) in [5.41, 5.74) is 4.88. The molecule has 0 aliphatic heterocycles. The lowest BCUT2D eigenvalue weighted by Gasteiger charge is -2.18. The summed E-state index contributed by atoms with van der Waals surface area (Å²) in [6.07, 6.45) is 3.28. The molecule has 1 atom stereocenters. The molecule has 3 aromatic heterocycles. The second kappa shape index (κ2) is 7.07. The van der Waals surface area contributed by atoms with Crippen molar-refractivity contribution in [1.82, 2.24) is 14.8 Å². The average molecular weight is 423 g/mol. The highest BCUT2D eigenvalue weighted by atomic mass is 32.1. The van der Waals surface area contributed by atoms with Gasteiger partial charge < -0.3 is 5.32 Å². The molecule has 0 bridgehead atoms. The van der Waals surface area contributed by atoms with Gasteiger partial charge in [-0.15, -0.1) is 22.7 Å². The predicted octanol–water partition coefficient (Wildman–Crippen LogP) is 5.44. The van der Waals surface area contributed by atoms with Gasteiger partial charge in [0.15, 0.2) is 5.69 Å². The van der Waals surface area contributed by atoms with Crippen LogP contribution in [0.15, 0.2) is 30.3 Å². The first-order chi connectivity index (χ1) is 14.0. The van der Waals surface area contributed by atoms with E-state index in [1.165, 1.54) is 21.6 Å². The van der Waals surface area contributed by atoms with Crippen LogP contribution in [0.1, 0.15) is 40.0 Å². The van der Waals surface area contributed by atoms with Crippen LogP contribution in [-0.4, -0.2) is 20.7 Å². The SMILES string of the molecule is Cc1cc(C(=O)Nc2sc3c(c2-c2nc4ccccc4s2)CC[C@H](C)C3)nn1C. The van der Waals surface area contributed by atoms with Crippen molar-refractivity contribution in [3.63, 3.8) is 0 Å². The fourth-order valence-electron chi connectivity index (χ4n) is 3.88.